The molecule has 2 nitrogen and oxygen atoms in total. The third-order valence-corrected chi connectivity index (χ3v) is 4.12. The molecule has 20 heavy (non-hydrogen) atoms. The fourth-order valence-corrected chi connectivity index (χ4v) is 2.85. The number of amides is 1. The van der Waals surface area contributed by atoms with E-state index >= 15 is 0 Å². The molecule has 0 saturated carbocycles. The van der Waals surface area contributed by atoms with Crippen molar-refractivity contribution in [3.05, 3.63) is 64.7 Å². The van der Waals surface area contributed by atoms with Gasteiger partial charge in [-0.3, -0.25) is 4.79 Å². The van der Waals surface area contributed by atoms with Gasteiger partial charge in [-0.2, -0.15) is 0 Å². The molecule has 102 valence electrons. The Morgan fingerprint density at radius 2 is 1.75 bits per heavy atom. The summed E-state index contributed by atoms with van der Waals surface area (Å²) in [7, 11) is 0. The van der Waals surface area contributed by atoms with Gasteiger partial charge in [0.2, 0.25) is 5.91 Å². The van der Waals surface area contributed by atoms with Crippen molar-refractivity contribution in [1.82, 2.24) is 0 Å². The minimum absolute atomic E-state index is 0.0580. The molecule has 1 heterocycles. The molecule has 2 aromatic carbocycles. The predicted molar refractivity (Wildman–Crippen MR) is 82.1 cm³/mol. The number of rotatable bonds is 3. The number of hydrogen-bond acceptors (Lipinski definition) is 1. The van der Waals surface area contributed by atoms with E-state index in [9.17, 15) is 4.79 Å². The molecule has 0 spiro atoms. The summed E-state index contributed by atoms with van der Waals surface area (Å²) in [6.07, 6.45) is 1.82. The number of anilines is 1. The summed E-state index contributed by atoms with van der Waals surface area (Å²) in [5.74, 6) is 0.0613. The second-order valence-electron chi connectivity index (χ2n) is 5.46. The zero-order valence-electron chi connectivity index (χ0n) is 11.9. The minimum atomic E-state index is -0.0580. The van der Waals surface area contributed by atoms with Gasteiger partial charge in [-0.25, -0.2) is 0 Å². The standard InChI is InChI=1S/C18H19NO/c1-3-13-7-9-14(10-8-13)11-16-15-6-4-5-12(2)17(15)19-18(16)20/h4-10,16H,3,11H2,1-2H3,(H,19,20)/t16-/m1/s1. The Bertz CT molecular complexity index is 643. The maximum absolute atomic E-state index is 12.2. The van der Waals surface area contributed by atoms with Gasteiger partial charge in [-0.15, -0.1) is 0 Å². The third-order valence-electron chi connectivity index (χ3n) is 4.12. The lowest BCUT2D eigenvalue weighted by molar-refractivity contribution is -0.117. The van der Waals surface area contributed by atoms with Crippen molar-refractivity contribution >= 4 is 11.6 Å². The van der Waals surface area contributed by atoms with Crippen LogP contribution in [-0.2, 0) is 17.6 Å². The Balaban J connectivity index is 1.88. The van der Waals surface area contributed by atoms with Crippen molar-refractivity contribution in [2.45, 2.75) is 32.6 Å². The first-order chi connectivity index (χ1) is 9.69. The zero-order valence-corrected chi connectivity index (χ0v) is 11.9. The summed E-state index contributed by atoms with van der Waals surface area (Å²) < 4.78 is 0. The molecule has 3 rings (SSSR count). The van der Waals surface area contributed by atoms with Crippen molar-refractivity contribution < 1.29 is 4.79 Å². The first kappa shape index (κ1) is 12.9. The molecule has 2 aromatic rings. The molecule has 0 unspecified atom stereocenters. The Hall–Kier alpha value is -2.09. The fourth-order valence-electron chi connectivity index (χ4n) is 2.85. The lowest BCUT2D eigenvalue weighted by Gasteiger charge is -2.10. The average molecular weight is 265 g/mol. The average Bonchev–Trinajstić information content (AvgIpc) is 2.78. The topological polar surface area (TPSA) is 29.1 Å². The van der Waals surface area contributed by atoms with Crippen LogP contribution in [0.5, 0.6) is 0 Å². The minimum Gasteiger partial charge on any atom is -0.325 e. The molecule has 0 aliphatic carbocycles. The van der Waals surface area contributed by atoms with E-state index in [-0.39, 0.29) is 11.8 Å². The smallest absolute Gasteiger partial charge is 0.232 e. The monoisotopic (exact) mass is 265 g/mol. The van der Waals surface area contributed by atoms with Crippen LogP contribution in [0.25, 0.3) is 0 Å². The van der Waals surface area contributed by atoms with Gasteiger partial charge in [0.25, 0.3) is 0 Å². The lowest BCUT2D eigenvalue weighted by Crippen LogP contribution is -2.14. The van der Waals surface area contributed by atoms with Crippen LogP contribution in [0.1, 0.15) is 35.1 Å². The van der Waals surface area contributed by atoms with E-state index in [1.165, 1.54) is 11.1 Å². The normalized spacial score (nSPS) is 16.9. The van der Waals surface area contributed by atoms with E-state index in [4.69, 9.17) is 0 Å². The molecule has 0 bridgehead atoms. The Morgan fingerprint density at radius 3 is 2.45 bits per heavy atom. The van der Waals surface area contributed by atoms with Crippen LogP contribution < -0.4 is 5.32 Å². The van der Waals surface area contributed by atoms with E-state index < -0.39 is 0 Å². The molecule has 1 amide bonds. The Kier molecular flexibility index (Phi) is 3.31. The molecule has 0 radical (unpaired) electrons. The van der Waals surface area contributed by atoms with Gasteiger partial charge < -0.3 is 5.32 Å². The van der Waals surface area contributed by atoms with E-state index in [2.05, 4.69) is 42.6 Å². The van der Waals surface area contributed by atoms with Gasteiger partial charge in [-0.05, 0) is 42.0 Å². The highest BCUT2D eigenvalue weighted by Crippen LogP contribution is 2.36. The van der Waals surface area contributed by atoms with Crippen LogP contribution in [0.4, 0.5) is 5.69 Å². The lowest BCUT2D eigenvalue weighted by atomic mass is 9.92. The number of para-hydroxylation sites is 1. The maximum Gasteiger partial charge on any atom is 0.232 e. The van der Waals surface area contributed by atoms with Gasteiger partial charge in [0.15, 0.2) is 0 Å². The molecule has 1 aliphatic heterocycles. The number of hydrogen-bond donors (Lipinski definition) is 1. The molecule has 0 saturated heterocycles. The Labute approximate surface area is 119 Å². The highest BCUT2D eigenvalue weighted by atomic mass is 16.2. The summed E-state index contributed by atoms with van der Waals surface area (Å²) in [6, 6.07) is 14.7. The van der Waals surface area contributed by atoms with Crippen molar-refractivity contribution in [2.24, 2.45) is 0 Å². The molecule has 1 atom stereocenters. The fraction of sp³-hybridized carbons (Fsp3) is 0.278. The molecule has 1 aliphatic rings. The first-order valence-corrected chi connectivity index (χ1v) is 7.17. The quantitative estimate of drug-likeness (QED) is 0.897. The largest absolute Gasteiger partial charge is 0.325 e. The molecule has 1 N–H and O–H groups in total. The Morgan fingerprint density at radius 1 is 1.05 bits per heavy atom. The second kappa shape index (κ2) is 5.12. The van der Waals surface area contributed by atoms with Crippen LogP contribution >= 0.6 is 0 Å². The van der Waals surface area contributed by atoms with Gasteiger partial charge in [0.05, 0.1) is 5.92 Å². The third kappa shape index (κ3) is 2.22. The molecule has 0 fully saturated rings. The molecule has 0 aromatic heterocycles. The van der Waals surface area contributed by atoms with Gasteiger partial charge in [0.1, 0.15) is 0 Å². The summed E-state index contributed by atoms with van der Waals surface area (Å²) in [5, 5.41) is 3.02. The maximum atomic E-state index is 12.2. The van der Waals surface area contributed by atoms with E-state index in [0.29, 0.717) is 0 Å². The summed E-state index contributed by atoms with van der Waals surface area (Å²) >= 11 is 0. The highest BCUT2D eigenvalue weighted by Gasteiger charge is 2.31. The number of fused-ring (bicyclic) bond motifs is 1. The van der Waals surface area contributed by atoms with E-state index in [1.54, 1.807) is 0 Å². The van der Waals surface area contributed by atoms with Crippen molar-refractivity contribution in [1.29, 1.82) is 0 Å². The van der Waals surface area contributed by atoms with Gasteiger partial charge in [0, 0.05) is 5.69 Å². The molecular formula is C18H19NO. The van der Waals surface area contributed by atoms with E-state index in [1.807, 2.05) is 19.1 Å². The molecular weight excluding hydrogens is 246 g/mol. The number of carbonyl (C=O) groups excluding carboxylic acids is 1. The van der Waals surface area contributed by atoms with Crippen molar-refractivity contribution in [2.75, 3.05) is 5.32 Å². The number of carbonyl (C=O) groups is 1. The van der Waals surface area contributed by atoms with Gasteiger partial charge in [-0.1, -0.05) is 49.4 Å². The number of benzene rings is 2. The van der Waals surface area contributed by atoms with Gasteiger partial charge >= 0.3 is 0 Å². The number of aryl methyl sites for hydroxylation is 2. The highest BCUT2D eigenvalue weighted by molar-refractivity contribution is 6.03. The summed E-state index contributed by atoms with van der Waals surface area (Å²) in [6.45, 7) is 4.19. The summed E-state index contributed by atoms with van der Waals surface area (Å²) in [5.41, 5.74) is 5.83. The first-order valence-electron chi connectivity index (χ1n) is 7.17. The van der Waals surface area contributed by atoms with Crippen LogP contribution in [-0.4, -0.2) is 5.91 Å². The summed E-state index contributed by atoms with van der Waals surface area (Å²) in [4.78, 5) is 12.2. The van der Waals surface area contributed by atoms with Crippen LogP contribution in [0.3, 0.4) is 0 Å². The van der Waals surface area contributed by atoms with Crippen LogP contribution in [0, 0.1) is 6.92 Å². The molecule has 2 heteroatoms. The van der Waals surface area contributed by atoms with Crippen LogP contribution in [0.15, 0.2) is 42.5 Å². The zero-order chi connectivity index (χ0) is 14.1. The SMILES string of the molecule is CCc1ccc(C[C@H]2C(=O)Nc3c(C)cccc32)cc1. The van der Waals surface area contributed by atoms with E-state index in [0.717, 1.165) is 29.7 Å². The second-order valence-corrected chi connectivity index (χ2v) is 5.46. The number of nitrogens with one attached hydrogen (secondary N) is 1. The van der Waals surface area contributed by atoms with Crippen LogP contribution in [0.2, 0.25) is 0 Å². The predicted octanol–water partition coefficient (Wildman–Crippen LogP) is 3.84. The van der Waals surface area contributed by atoms with Crippen molar-refractivity contribution in [3.63, 3.8) is 0 Å². The van der Waals surface area contributed by atoms with Crippen molar-refractivity contribution in [3.8, 4) is 0 Å².